The number of halogens is 1. The maximum absolute atomic E-state index is 5.75. The van der Waals surface area contributed by atoms with Gasteiger partial charge in [0, 0.05) is 0 Å². The van der Waals surface area contributed by atoms with E-state index in [1.54, 1.807) is 0 Å². The molecule has 0 atom stereocenters. The van der Waals surface area contributed by atoms with Gasteiger partial charge in [-0.3, -0.25) is 0 Å². The summed E-state index contributed by atoms with van der Waals surface area (Å²) in [6.07, 6.45) is 0.902. The fourth-order valence-corrected chi connectivity index (χ4v) is 1.12. The highest BCUT2D eigenvalue weighted by Crippen LogP contribution is 2.22. The maximum Gasteiger partial charge on any atom is 0.108 e. The van der Waals surface area contributed by atoms with Gasteiger partial charge in [0.15, 0.2) is 0 Å². The Balaban J connectivity index is 4.05. The zero-order valence-corrected chi connectivity index (χ0v) is 9.45. The standard InChI is InChI=1S/C7H12BIS/c1-5(2)7(9)6(8)3-4-10/h5,10H,3-4H2,1-2H3/b7-6+. The summed E-state index contributed by atoms with van der Waals surface area (Å²) >= 11 is 6.41. The third kappa shape index (κ3) is 3.91. The van der Waals surface area contributed by atoms with Gasteiger partial charge in [-0.1, -0.05) is 13.8 Å². The fraction of sp³-hybridized carbons (Fsp3) is 0.714. The van der Waals surface area contributed by atoms with Crippen molar-refractivity contribution >= 4 is 43.1 Å². The number of thiol groups is 1. The Labute approximate surface area is 83.8 Å². The van der Waals surface area contributed by atoms with Crippen LogP contribution < -0.4 is 0 Å². The Hall–Kier alpha value is 0.885. The summed E-state index contributed by atoms with van der Waals surface area (Å²) in [4.78, 5) is 0. The summed E-state index contributed by atoms with van der Waals surface area (Å²) < 4.78 is 1.27. The van der Waals surface area contributed by atoms with E-state index in [2.05, 4.69) is 49.1 Å². The lowest BCUT2D eigenvalue weighted by atomic mass is 9.90. The Bertz CT molecular complexity index is 132. The molecule has 0 saturated carbocycles. The first-order valence-corrected chi connectivity index (χ1v) is 5.05. The number of allylic oxidation sites excluding steroid dienone is 2. The molecule has 0 aromatic heterocycles. The summed E-state index contributed by atoms with van der Waals surface area (Å²) in [6, 6.07) is 0. The molecule has 0 nitrogen and oxygen atoms in total. The second kappa shape index (κ2) is 5.52. The topological polar surface area (TPSA) is 0 Å². The predicted octanol–water partition coefficient (Wildman–Crippen LogP) is 2.78. The van der Waals surface area contributed by atoms with E-state index in [0.717, 1.165) is 17.6 Å². The van der Waals surface area contributed by atoms with Gasteiger partial charge in [-0.15, -0.1) is 5.47 Å². The van der Waals surface area contributed by atoms with E-state index in [9.17, 15) is 0 Å². The molecule has 0 unspecified atom stereocenters. The van der Waals surface area contributed by atoms with Crippen molar-refractivity contribution < 1.29 is 0 Å². The lowest BCUT2D eigenvalue weighted by molar-refractivity contribution is 0.816. The van der Waals surface area contributed by atoms with Crippen molar-refractivity contribution in [3.8, 4) is 0 Å². The quantitative estimate of drug-likeness (QED) is 0.453. The molecule has 0 aliphatic carbocycles. The Morgan fingerprint density at radius 1 is 1.60 bits per heavy atom. The smallest absolute Gasteiger partial charge is 0.108 e. The van der Waals surface area contributed by atoms with Gasteiger partial charge in [0.1, 0.15) is 7.85 Å². The molecule has 0 aliphatic rings. The van der Waals surface area contributed by atoms with Gasteiger partial charge in [0.25, 0.3) is 0 Å². The van der Waals surface area contributed by atoms with Crippen LogP contribution in [0.2, 0.25) is 0 Å². The van der Waals surface area contributed by atoms with Crippen LogP contribution in [-0.2, 0) is 0 Å². The molecule has 0 amide bonds. The van der Waals surface area contributed by atoms with Crippen LogP contribution in [0.4, 0.5) is 0 Å². The van der Waals surface area contributed by atoms with Crippen molar-refractivity contribution in [1.29, 1.82) is 0 Å². The van der Waals surface area contributed by atoms with E-state index in [1.165, 1.54) is 3.58 Å². The molecule has 0 N–H and O–H groups in total. The van der Waals surface area contributed by atoms with Gasteiger partial charge in [-0.2, -0.15) is 12.6 Å². The van der Waals surface area contributed by atoms with Crippen LogP contribution >= 0.6 is 35.2 Å². The van der Waals surface area contributed by atoms with Gasteiger partial charge in [0.05, 0.1) is 0 Å². The van der Waals surface area contributed by atoms with Crippen molar-refractivity contribution in [2.24, 2.45) is 5.92 Å². The minimum absolute atomic E-state index is 0.556. The second-order valence-electron chi connectivity index (χ2n) is 2.50. The first-order valence-electron chi connectivity index (χ1n) is 3.34. The summed E-state index contributed by atoms with van der Waals surface area (Å²) in [6.45, 7) is 4.29. The molecule has 0 aromatic rings. The Morgan fingerprint density at radius 3 is 2.40 bits per heavy atom. The molecule has 0 aliphatic heterocycles. The molecule has 0 spiro atoms. The molecule has 3 heteroatoms. The summed E-state index contributed by atoms with van der Waals surface area (Å²) in [5.41, 5.74) is 0.991. The van der Waals surface area contributed by atoms with Crippen molar-refractivity contribution in [2.75, 3.05) is 5.75 Å². The minimum atomic E-state index is 0.556. The molecule has 0 fully saturated rings. The van der Waals surface area contributed by atoms with Crippen LogP contribution in [0.1, 0.15) is 20.3 Å². The zero-order chi connectivity index (χ0) is 8.15. The molecule has 2 radical (unpaired) electrons. The third-order valence-electron chi connectivity index (χ3n) is 1.19. The summed E-state index contributed by atoms with van der Waals surface area (Å²) in [5.74, 6) is 1.39. The summed E-state index contributed by atoms with van der Waals surface area (Å²) in [5, 5.41) is 0. The monoisotopic (exact) mass is 266 g/mol. The largest absolute Gasteiger partial charge is 0.179 e. The van der Waals surface area contributed by atoms with Gasteiger partial charge in [-0.05, 0) is 44.3 Å². The van der Waals surface area contributed by atoms with E-state index in [-0.39, 0.29) is 0 Å². The maximum atomic E-state index is 5.75. The first kappa shape index (κ1) is 10.9. The molecule has 0 aromatic carbocycles. The first-order chi connectivity index (χ1) is 4.59. The lowest BCUT2D eigenvalue weighted by Crippen LogP contribution is -1.94. The van der Waals surface area contributed by atoms with Gasteiger partial charge in [-0.25, -0.2) is 0 Å². The number of hydrogen-bond donors (Lipinski definition) is 1. The van der Waals surface area contributed by atoms with Crippen LogP contribution in [-0.4, -0.2) is 13.6 Å². The van der Waals surface area contributed by atoms with Crippen LogP contribution in [0.5, 0.6) is 0 Å². The molecule has 0 rings (SSSR count). The highest BCUT2D eigenvalue weighted by molar-refractivity contribution is 14.1. The molecule has 0 bridgehead atoms. The van der Waals surface area contributed by atoms with Crippen molar-refractivity contribution in [3.63, 3.8) is 0 Å². The highest BCUT2D eigenvalue weighted by Gasteiger charge is 2.01. The van der Waals surface area contributed by atoms with Crippen molar-refractivity contribution in [3.05, 3.63) is 9.05 Å². The summed E-state index contributed by atoms with van der Waals surface area (Å²) in [7, 11) is 5.75. The average Bonchev–Trinajstić information content (AvgIpc) is 1.87. The third-order valence-corrected chi connectivity index (χ3v) is 3.36. The van der Waals surface area contributed by atoms with Crippen molar-refractivity contribution in [1.82, 2.24) is 0 Å². The van der Waals surface area contributed by atoms with E-state index >= 15 is 0 Å². The average molecular weight is 266 g/mol. The highest BCUT2D eigenvalue weighted by atomic mass is 127. The molecule has 0 heterocycles. The molecule has 56 valence electrons. The van der Waals surface area contributed by atoms with Gasteiger partial charge >= 0.3 is 0 Å². The lowest BCUT2D eigenvalue weighted by Gasteiger charge is -2.08. The molecule has 10 heavy (non-hydrogen) atoms. The zero-order valence-electron chi connectivity index (χ0n) is 6.39. The van der Waals surface area contributed by atoms with Crippen LogP contribution in [0.25, 0.3) is 0 Å². The van der Waals surface area contributed by atoms with Crippen LogP contribution in [0.3, 0.4) is 0 Å². The number of rotatable bonds is 3. The molecule has 0 saturated heterocycles. The van der Waals surface area contributed by atoms with E-state index < -0.39 is 0 Å². The molecular weight excluding hydrogens is 254 g/mol. The van der Waals surface area contributed by atoms with Crippen LogP contribution in [0.15, 0.2) is 9.05 Å². The van der Waals surface area contributed by atoms with Crippen molar-refractivity contribution in [2.45, 2.75) is 20.3 Å². The molecular formula is C7H12BIS. The van der Waals surface area contributed by atoms with Gasteiger partial charge in [0.2, 0.25) is 0 Å². The second-order valence-corrected chi connectivity index (χ2v) is 4.11. The normalized spacial score (nSPS) is 13.7. The predicted molar refractivity (Wildman–Crippen MR) is 60.1 cm³/mol. The van der Waals surface area contributed by atoms with E-state index in [1.807, 2.05) is 0 Å². The van der Waals surface area contributed by atoms with E-state index in [4.69, 9.17) is 7.85 Å². The van der Waals surface area contributed by atoms with Crippen LogP contribution in [0, 0.1) is 5.92 Å². The van der Waals surface area contributed by atoms with Gasteiger partial charge < -0.3 is 0 Å². The SMILES string of the molecule is [B]/C(CCS)=C(/I)C(C)C. The Morgan fingerprint density at radius 2 is 2.10 bits per heavy atom. The minimum Gasteiger partial charge on any atom is -0.179 e. The Kier molecular flexibility index (Phi) is 6.01. The number of hydrogen-bond acceptors (Lipinski definition) is 1. The van der Waals surface area contributed by atoms with E-state index in [0.29, 0.717) is 5.92 Å². The fourth-order valence-electron chi connectivity index (χ4n) is 0.611.